The van der Waals surface area contributed by atoms with Gasteiger partial charge in [0.1, 0.15) is 0 Å². The third kappa shape index (κ3) is 5.90. The highest BCUT2D eigenvalue weighted by Crippen LogP contribution is 2.41. The second-order valence-electron chi connectivity index (χ2n) is 12.3. The van der Waals surface area contributed by atoms with E-state index in [1.807, 2.05) is 4.90 Å². The number of likely N-dealkylation sites (N-methyl/N-ethyl adjacent to an activating group) is 1. The number of nitrogens with zero attached hydrogens (tertiary/aromatic N) is 2. The molecule has 35 heavy (non-hydrogen) atoms. The Morgan fingerprint density at radius 1 is 1.03 bits per heavy atom. The summed E-state index contributed by atoms with van der Waals surface area (Å²) in [6, 6.07) is 0.983. The molecule has 1 amide bonds. The van der Waals surface area contributed by atoms with E-state index < -0.39 is 18.1 Å². The lowest BCUT2D eigenvalue weighted by molar-refractivity contribution is -0.162. The van der Waals surface area contributed by atoms with Gasteiger partial charge in [-0.3, -0.25) is 9.69 Å². The highest BCUT2D eigenvalue weighted by molar-refractivity contribution is 5.80. The molecule has 2 heterocycles. The SMILES string of the molecule is CN(C1CCOC1)C1CCCC2CCN(C(=O)C3C(O)CC(O)CC3OCC3CCCCC3)CC21. The number of fused-ring (bicyclic) bond motifs is 1. The molecular formula is C28H48N2O5. The van der Waals surface area contributed by atoms with E-state index in [1.165, 1.54) is 51.4 Å². The molecular weight excluding hydrogens is 444 g/mol. The van der Waals surface area contributed by atoms with Gasteiger partial charge in [-0.15, -0.1) is 0 Å². The van der Waals surface area contributed by atoms with Crippen LogP contribution in [0.15, 0.2) is 0 Å². The molecule has 0 spiro atoms. The number of hydrogen-bond acceptors (Lipinski definition) is 6. The predicted octanol–water partition coefficient (Wildman–Crippen LogP) is 2.82. The average molecular weight is 493 g/mol. The standard InChI is InChI=1S/C28H48N2O5/c1-29(21-11-13-34-18-21)24-9-5-8-20-10-12-30(16-23(20)24)28(33)27-25(32)14-22(31)15-26(27)35-17-19-6-3-2-4-7-19/h19-27,31-32H,2-18H2,1H3. The maximum atomic E-state index is 13.9. The predicted molar refractivity (Wildman–Crippen MR) is 134 cm³/mol. The maximum Gasteiger partial charge on any atom is 0.230 e. The second-order valence-corrected chi connectivity index (χ2v) is 12.3. The van der Waals surface area contributed by atoms with Crippen molar-refractivity contribution in [2.45, 2.75) is 107 Å². The summed E-state index contributed by atoms with van der Waals surface area (Å²) in [5.74, 6) is 1.21. The number of carbonyl (C=O) groups is 1. The van der Waals surface area contributed by atoms with E-state index in [0.29, 0.717) is 42.9 Å². The fourth-order valence-corrected chi connectivity index (χ4v) is 7.95. The van der Waals surface area contributed by atoms with Crippen LogP contribution in [0.4, 0.5) is 0 Å². The minimum absolute atomic E-state index is 0.0488. The van der Waals surface area contributed by atoms with Crippen LogP contribution in [0.1, 0.15) is 77.0 Å². The first-order valence-corrected chi connectivity index (χ1v) is 14.6. The molecule has 2 saturated heterocycles. The van der Waals surface area contributed by atoms with Gasteiger partial charge in [0.05, 0.1) is 30.8 Å². The monoisotopic (exact) mass is 492 g/mol. The molecule has 200 valence electrons. The average Bonchev–Trinajstić information content (AvgIpc) is 3.41. The zero-order valence-electron chi connectivity index (χ0n) is 21.7. The number of rotatable bonds is 6. The Kier molecular flexibility index (Phi) is 8.70. The Morgan fingerprint density at radius 3 is 2.63 bits per heavy atom. The summed E-state index contributed by atoms with van der Waals surface area (Å²) in [6.07, 6.45) is 11.0. The van der Waals surface area contributed by atoms with Gasteiger partial charge in [0.25, 0.3) is 0 Å². The molecule has 8 atom stereocenters. The number of ether oxygens (including phenoxy) is 2. The van der Waals surface area contributed by atoms with Crippen molar-refractivity contribution in [3.63, 3.8) is 0 Å². The van der Waals surface area contributed by atoms with Crippen molar-refractivity contribution in [3.05, 3.63) is 0 Å². The van der Waals surface area contributed by atoms with E-state index in [2.05, 4.69) is 11.9 Å². The number of hydrogen-bond donors (Lipinski definition) is 2. The van der Waals surface area contributed by atoms with E-state index in [0.717, 1.165) is 39.1 Å². The highest BCUT2D eigenvalue weighted by atomic mass is 16.5. The topological polar surface area (TPSA) is 82.5 Å². The number of aliphatic hydroxyl groups is 2. The number of amides is 1. The first kappa shape index (κ1) is 25.9. The summed E-state index contributed by atoms with van der Waals surface area (Å²) in [5.41, 5.74) is 0. The molecule has 0 aromatic heterocycles. The molecule has 0 aromatic rings. The molecule has 3 aliphatic carbocycles. The fourth-order valence-electron chi connectivity index (χ4n) is 7.95. The van der Waals surface area contributed by atoms with Crippen molar-refractivity contribution in [3.8, 4) is 0 Å². The Balaban J connectivity index is 1.25. The lowest BCUT2D eigenvalue weighted by Crippen LogP contribution is -2.58. The molecule has 0 aromatic carbocycles. The minimum atomic E-state index is -0.833. The zero-order valence-corrected chi connectivity index (χ0v) is 21.7. The van der Waals surface area contributed by atoms with Crippen LogP contribution in [-0.2, 0) is 14.3 Å². The van der Waals surface area contributed by atoms with E-state index in [-0.39, 0.29) is 18.4 Å². The largest absolute Gasteiger partial charge is 0.393 e. The molecule has 5 rings (SSSR count). The summed E-state index contributed by atoms with van der Waals surface area (Å²) >= 11 is 0. The van der Waals surface area contributed by atoms with Gasteiger partial charge < -0.3 is 24.6 Å². The summed E-state index contributed by atoms with van der Waals surface area (Å²) in [5, 5.41) is 21.3. The Hall–Kier alpha value is -0.730. The summed E-state index contributed by atoms with van der Waals surface area (Å²) in [7, 11) is 2.26. The van der Waals surface area contributed by atoms with Gasteiger partial charge in [-0.1, -0.05) is 25.7 Å². The van der Waals surface area contributed by atoms with Crippen LogP contribution >= 0.6 is 0 Å². The fraction of sp³-hybridized carbons (Fsp3) is 0.964. The van der Waals surface area contributed by atoms with Crippen LogP contribution in [-0.4, -0.2) is 96.3 Å². The van der Waals surface area contributed by atoms with E-state index in [9.17, 15) is 15.0 Å². The molecule has 7 nitrogen and oxygen atoms in total. The second kappa shape index (κ2) is 11.8. The lowest BCUT2D eigenvalue weighted by atomic mass is 9.71. The summed E-state index contributed by atoms with van der Waals surface area (Å²) < 4.78 is 12.0. The van der Waals surface area contributed by atoms with Crippen molar-refractivity contribution in [2.24, 2.45) is 23.7 Å². The van der Waals surface area contributed by atoms with Crippen molar-refractivity contribution >= 4 is 5.91 Å². The molecule has 5 aliphatic rings. The molecule has 0 bridgehead atoms. The van der Waals surface area contributed by atoms with Gasteiger partial charge in [-0.25, -0.2) is 0 Å². The van der Waals surface area contributed by atoms with Crippen LogP contribution in [0, 0.1) is 23.7 Å². The highest BCUT2D eigenvalue weighted by Gasteiger charge is 2.47. The van der Waals surface area contributed by atoms with Gasteiger partial charge in [0.15, 0.2) is 0 Å². The first-order valence-electron chi connectivity index (χ1n) is 14.6. The van der Waals surface area contributed by atoms with Gasteiger partial charge >= 0.3 is 0 Å². The van der Waals surface area contributed by atoms with Crippen molar-refractivity contribution in [1.82, 2.24) is 9.80 Å². The molecule has 0 radical (unpaired) electrons. The Labute approximate surface area is 211 Å². The summed E-state index contributed by atoms with van der Waals surface area (Å²) in [4.78, 5) is 18.5. The van der Waals surface area contributed by atoms with E-state index in [4.69, 9.17) is 9.47 Å². The van der Waals surface area contributed by atoms with Crippen LogP contribution in [0.5, 0.6) is 0 Å². The van der Waals surface area contributed by atoms with Crippen molar-refractivity contribution in [2.75, 3.05) is 40.0 Å². The minimum Gasteiger partial charge on any atom is -0.393 e. The van der Waals surface area contributed by atoms with Gasteiger partial charge in [0.2, 0.25) is 5.91 Å². The number of carbonyl (C=O) groups excluding carboxylic acids is 1. The molecule has 5 fully saturated rings. The van der Waals surface area contributed by atoms with E-state index in [1.54, 1.807) is 0 Å². The molecule has 2 aliphatic heterocycles. The van der Waals surface area contributed by atoms with Crippen LogP contribution in [0.2, 0.25) is 0 Å². The molecule has 8 unspecified atom stereocenters. The number of aliphatic hydroxyl groups excluding tert-OH is 2. The molecule has 7 heteroatoms. The van der Waals surface area contributed by atoms with Gasteiger partial charge in [-0.05, 0) is 63.3 Å². The Morgan fingerprint density at radius 2 is 1.86 bits per heavy atom. The first-order chi connectivity index (χ1) is 17.0. The number of likely N-dealkylation sites (tertiary alicyclic amines) is 1. The van der Waals surface area contributed by atoms with Crippen LogP contribution < -0.4 is 0 Å². The maximum absolute atomic E-state index is 13.9. The smallest absolute Gasteiger partial charge is 0.230 e. The van der Waals surface area contributed by atoms with Gasteiger partial charge in [-0.2, -0.15) is 0 Å². The van der Waals surface area contributed by atoms with Crippen molar-refractivity contribution < 1.29 is 24.5 Å². The van der Waals surface area contributed by atoms with Crippen LogP contribution in [0.3, 0.4) is 0 Å². The van der Waals surface area contributed by atoms with Crippen LogP contribution in [0.25, 0.3) is 0 Å². The summed E-state index contributed by atoms with van der Waals surface area (Å²) in [6.45, 7) is 3.89. The Bertz CT molecular complexity index is 695. The third-order valence-corrected chi connectivity index (χ3v) is 10.1. The molecule has 3 saturated carbocycles. The number of piperidine rings is 1. The third-order valence-electron chi connectivity index (χ3n) is 10.1. The van der Waals surface area contributed by atoms with Gasteiger partial charge in [0, 0.05) is 51.2 Å². The quantitative estimate of drug-likeness (QED) is 0.593. The van der Waals surface area contributed by atoms with Crippen molar-refractivity contribution in [1.29, 1.82) is 0 Å². The normalized spacial score (nSPS) is 41.2. The van der Waals surface area contributed by atoms with E-state index >= 15 is 0 Å². The molecule has 2 N–H and O–H groups in total. The lowest BCUT2D eigenvalue weighted by Gasteiger charge is -2.50. The zero-order chi connectivity index (χ0) is 24.4.